The predicted octanol–water partition coefficient (Wildman–Crippen LogP) is 3.49. The molecule has 0 aliphatic heterocycles. The molecular formula is C19H23F2NO3S. The molecule has 142 valence electrons. The van der Waals surface area contributed by atoms with E-state index in [4.69, 9.17) is 0 Å². The third-order valence-electron chi connectivity index (χ3n) is 3.86. The zero-order valence-corrected chi connectivity index (χ0v) is 15.6. The molecule has 0 radical (unpaired) electrons. The molecule has 2 rings (SSSR count). The van der Waals surface area contributed by atoms with E-state index in [-0.39, 0.29) is 24.8 Å². The number of hydrogen-bond acceptors (Lipinski definition) is 3. The first-order chi connectivity index (χ1) is 12.2. The number of halogens is 2. The standard InChI is InChI=1S/C19H23F2NO3S/c1-14(2)11-22(12-19(23)16-5-9-18(21)10-6-16)26(24,25)13-15-3-7-17(20)8-4-15/h3-10,14,19,23H,11-13H2,1-2H3/t19-/m1/s1. The molecule has 0 fully saturated rings. The highest BCUT2D eigenvalue weighted by molar-refractivity contribution is 7.88. The summed E-state index contributed by atoms with van der Waals surface area (Å²) in [5.41, 5.74) is 0.911. The number of hydrogen-bond donors (Lipinski definition) is 1. The third kappa shape index (κ3) is 5.86. The van der Waals surface area contributed by atoms with Crippen molar-refractivity contribution in [3.8, 4) is 0 Å². The van der Waals surface area contributed by atoms with Crippen molar-refractivity contribution < 1.29 is 22.3 Å². The zero-order chi connectivity index (χ0) is 19.3. The maximum Gasteiger partial charge on any atom is 0.218 e. The van der Waals surface area contributed by atoms with Crippen LogP contribution in [0.2, 0.25) is 0 Å². The fraction of sp³-hybridized carbons (Fsp3) is 0.368. The van der Waals surface area contributed by atoms with Crippen molar-refractivity contribution in [1.29, 1.82) is 0 Å². The quantitative estimate of drug-likeness (QED) is 0.759. The van der Waals surface area contributed by atoms with Gasteiger partial charge in [-0.1, -0.05) is 38.1 Å². The molecule has 7 heteroatoms. The van der Waals surface area contributed by atoms with Crippen LogP contribution >= 0.6 is 0 Å². The van der Waals surface area contributed by atoms with Crippen LogP contribution in [0, 0.1) is 17.6 Å². The third-order valence-corrected chi connectivity index (χ3v) is 5.64. The lowest BCUT2D eigenvalue weighted by Crippen LogP contribution is -2.38. The van der Waals surface area contributed by atoms with E-state index in [1.807, 2.05) is 13.8 Å². The van der Waals surface area contributed by atoms with Crippen molar-refractivity contribution in [2.45, 2.75) is 25.7 Å². The van der Waals surface area contributed by atoms with Crippen LogP contribution in [0.4, 0.5) is 8.78 Å². The van der Waals surface area contributed by atoms with E-state index in [9.17, 15) is 22.3 Å². The van der Waals surface area contributed by atoms with Crippen LogP contribution in [0.1, 0.15) is 31.1 Å². The summed E-state index contributed by atoms with van der Waals surface area (Å²) in [5, 5.41) is 10.4. The Bertz CT molecular complexity index is 806. The van der Waals surface area contributed by atoms with E-state index in [0.717, 1.165) is 0 Å². The summed E-state index contributed by atoms with van der Waals surface area (Å²) >= 11 is 0. The first-order valence-corrected chi connectivity index (χ1v) is 9.94. The molecule has 26 heavy (non-hydrogen) atoms. The first kappa shape index (κ1) is 20.5. The highest BCUT2D eigenvalue weighted by Crippen LogP contribution is 2.20. The second-order valence-electron chi connectivity index (χ2n) is 6.66. The Hall–Kier alpha value is -1.83. The largest absolute Gasteiger partial charge is 0.387 e. The lowest BCUT2D eigenvalue weighted by atomic mass is 10.1. The molecule has 0 heterocycles. The summed E-state index contributed by atoms with van der Waals surface area (Å²) in [6.07, 6.45) is -1.07. The molecule has 0 unspecified atom stereocenters. The average Bonchev–Trinajstić information content (AvgIpc) is 2.56. The molecule has 1 N–H and O–H groups in total. The van der Waals surface area contributed by atoms with Gasteiger partial charge in [-0.15, -0.1) is 0 Å². The van der Waals surface area contributed by atoms with Crippen molar-refractivity contribution in [2.75, 3.05) is 13.1 Å². The molecule has 0 aliphatic carbocycles. The Morgan fingerprint density at radius 2 is 1.42 bits per heavy atom. The van der Waals surface area contributed by atoms with Gasteiger partial charge in [-0.3, -0.25) is 0 Å². The maximum atomic E-state index is 13.0. The summed E-state index contributed by atoms with van der Waals surface area (Å²) in [5.74, 6) is -1.09. The van der Waals surface area contributed by atoms with Crippen molar-refractivity contribution in [3.63, 3.8) is 0 Å². The van der Waals surface area contributed by atoms with Crippen molar-refractivity contribution >= 4 is 10.0 Å². The van der Waals surface area contributed by atoms with E-state index in [2.05, 4.69) is 0 Å². The Labute approximate surface area is 153 Å². The van der Waals surface area contributed by atoms with Gasteiger partial charge in [0.05, 0.1) is 11.9 Å². The Kier molecular flexibility index (Phi) is 6.86. The highest BCUT2D eigenvalue weighted by atomic mass is 32.2. The maximum absolute atomic E-state index is 13.0. The summed E-state index contributed by atoms with van der Waals surface area (Å²) in [4.78, 5) is 0. The highest BCUT2D eigenvalue weighted by Gasteiger charge is 2.26. The van der Waals surface area contributed by atoms with E-state index in [1.54, 1.807) is 0 Å². The van der Waals surface area contributed by atoms with Crippen molar-refractivity contribution in [1.82, 2.24) is 4.31 Å². The minimum Gasteiger partial charge on any atom is -0.387 e. The van der Waals surface area contributed by atoms with Gasteiger partial charge < -0.3 is 5.11 Å². The second kappa shape index (κ2) is 8.70. The van der Waals surface area contributed by atoms with Crippen molar-refractivity contribution in [2.24, 2.45) is 5.92 Å². The Morgan fingerprint density at radius 3 is 1.92 bits per heavy atom. The molecule has 0 bridgehead atoms. The summed E-state index contributed by atoms with van der Waals surface area (Å²) in [6.45, 7) is 3.87. The van der Waals surface area contributed by atoms with E-state index < -0.39 is 27.8 Å². The number of aliphatic hydroxyl groups is 1. The van der Waals surface area contributed by atoms with Crippen LogP contribution in [0.3, 0.4) is 0 Å². The summed E-state index contributed by atoms with van der Waals surface area (Å²) in [7, 11) is -3.72. The van der Waals surface area contributed by atoms with Crippen LogP contribution in [0.15, 0.2) is 48.5 Å². The summed E-state index contributed by atoms with van der Waals surface area (Å²) in [6, 6.07) is 10.6. The molecule has 2 aromatic rings. The van der Waals surface area contributed by atoms with E-state index in [0.29, 0.717) is 11.1 Å². The monoisotopic (exact) mass is 383 g/mol. The van der Waals surface area contributed by atoms with Crippen LogP contribution in [0.5, 0.6) is 0 Å². The van der Waals surface area contributed by atoms with Crippen LogP contribution < -0.4 is 0 Å². The fourth-order valence-electron chi connectivity index (χ4n) is 2.57. The molecular weight excluding hydrogens is 360 g/mol. The van der Waals surface area contributed by atoms with Gasteiger partial charge >= 0.3 is 0 Å². The zero-order valence-electron chi connectivity index (χ0n) is 14.8. The lowest BCUT2D eigenvalue weighted by molar-refractivity contribution is 0.143. The van der Waals surface area contributed by atoms with Crippen LogP contribution in [0.25, 0.3) is 0 Å². The SMILES string of the molecule is CC(C)CN(C[C@@H](O)c1ccc(F)cc1)S(=O)(=O)Cc1ccc(F)cc1. The number of sulfonamides is 1. The van der Waals surface area contributed by atoms with E-state index >= 15 is 0 Å². The molecule has 0 saturated carbocycles. The van der Waals surface area contributed by atoms with Gasteiger partial charge in [-0.05, 0) is 41.3 Å². The topological polar surface area (TPSA) is 57.6 Å². The molecule has 0 aliphatic rings. The minimum absolute atomic E-state index is 0.0541. The number of benzene rings is 2. The molecule has 0 aromatic heterocycles. The second-order valence-corrected chi connectivity index (χ2v) is 8.63. The van der Waals surface area contributed by atoms with Gasteiger partial charge in [0.25, 0.3) is 0 Å². The smallest absolute Gasteiger partial charge is 0.218 e. The molecule has 0 spiro atoms. The summed E-state index contributed by atoms with van der Waals surface area (Å²) < 4.78 is 52.9. The Balaban J connectivity index is 2.18. The minimum atomic E-state index is -3.72. The van der Waals surface area contributed by atoms with Gasteiger partial charge in [0.2, 0.25) is 10.0 Å². The Morgan fingerprint density at radius 1 is 0.923 bits per heavy atom. The van der Waals surface area contributed by atoms with E-state index in [1.165, 1.54) is 52.8 Å². The molecule has 0 saturated heterocycles. The predicted molar refractivity (Wildman–Crippen MR) is 96.8 cm³/mol. The normalized spacial score (nSPS) is 13.3. The average molecular weight is 383 g/mol. The van der Waals surface area contributed by atoms with Gasteiger partial charge in [-0.25, -0.2) is 17.2 Å². The molecule has 2 aromatic carbocycles. The first-order valence-electron chi connectivity index (χ1n) is 8.33. The number of nitrogens with zero attached hydrogens (tertiary/aromatic N) is 1. The van der Waals surface area contributed by atoms with Gasteiger partial charge in [0.15, 0.2) is 0 Å². The van der Waals surface area contributed by atoms with Gasteiger partial charge in [-0.2, -0.15) is 4.31 Å². The van der Waals surface area contributed by atoms with Crippen LogP contribution in [-0.4, -0.2) is 30.9 Å². The van der Waals surface area contributed by atoms with Gasteiger partial charge in [0.1, 0.15) is 11.6 Å². The van der Waals surface area contributed by atoms with Crippen molar-refractivity contribution in [3.05, 3.63) is 71.3 Å². The van der Waals surface area contributed by atoms with Crippen LogP contribution in [-0.2, 0) is 15.8 Å². The number of aliphatic hydroxyl groups excluding tert-OH is 1. The molecule has 4 nitrogen and oxygen atoms in total. The molecule has 0 amide bonds. The van der Waals surface area contributed by atoms with Gasteiger partial charge in [0, 0.05) is 13.1 Å². The fourth-order valence-corrected chi connectivity index (χ4v) is 4.26. The lowest BCUT2D eigenvalue weighted by Gasteiger charge is -2.26. The molecule has 1 atom stereocenters. The number of rotatable bonds is 8.